The van der Waals surface area contributed by atoms with Crippen LogP contribution in [-0.4, -0.2) is 44.9 Å². The van der Waals surface area contributed by atoms with Gasteiger partial charge >= 0.3 is 0 Å². The molecule has 5 heteroatoms. The largest absolute Gasteiger partial charge is 0.331 e. The van der Waals surface area contributed by atoms with Gasteiger partial charge in [0.25, 0.3) is 0 Å². The van der Waals surface area contributed by atoms with Gasteiger partial charge in [-0.25, -0.2) is 4.98 Å². The molecule has 1 aliphatic carbocycles. The minimum absolute atomic E-state index is 0.179. The molecule has 0 bridgehead atoms. The lowest BCUT2D eigenvalue weighted by Gasteiger charge is -2.40. The summed E-state index contributed by atoms with van der Waals surface area (Å²) < 4.78 is 2.09. The maximum atomic E-state index is 12.7. The lowest BCUT2D eigenvalue weighted by atomic mass is 9.90. The zero-order valence-electron chi connectivity index (χ0n) is 17.5. The summed E-state index contributed by atoms with van der Waals surface area (Å²) in [4.78, 5) is 24.1. The van der Waals surface area contributed by atoms with E-state index in [1.165, 1.54) is 12.8 Å². The Kier molecular flexibility index (Phi) is 4.32. The van der Waals surface area contributed by atoms with E-state index in [2.05, 4.69) is 50.6 Å². The van der Waals surface area contributed by atoms with Gasteiger partial charge in [-0.15, -0.1) is 0 Å². The maximum absolute atomic E-state index is 12.7. The number of carbonyl (C=O) groups is 1. The van der Waals surface area contributed by atoms with E-state index in [1.54, 1.807) is 0 Å². The molecule has 0 atom stereocenters. The highest BCUT2D eigenvalue weighted by atomic mass is 16.1. The Morgan fingerprint density at radius 3 is 2.62 bits per heavy atom. The number of imidazole rings is 1. The second-order valence-electron chi connectivity index (χ2n) is 9.33. The minimum Gasteiger partial charge on any atom is -0.331 e. The zero-order chi connectivity index (χ0) is 20.2. The van der Waals surface area contributed by atoms with Crippen molar-refractivity contribution in [3.8, 4) is 11.3 Å². The third-order valence-electron chi connectivity index (χ3n) is 6.77. The molecule has 1 saturated carbocycles. The van der Waals surface area contributed by atoms with Gasteiger partial charge < -0.3 is 9.47 Å². The van der Waals surface area contributed by atoms with Crippen LogP contribution in [0.2, 0.25) is 0 Å². The number of carbonyl (C=O) groups excluding carboxylic acids is 1. The quantitative estimate of drug-likeness (QED) is 0.645. The highest BCUT2D eigenvalue weighted by molar-refractivity contribution is 5.88. The van der Waals surface area contributed by atoms with Gasteiger partial charge in [-0.3, -0.25) is 9.78 Å². The van der Waals surface area contributed by atoms with Crippen molar-refractivity contribution in [1.82, 2.24) is 19.4 Å². The molecule has 29 heavy (non-hydrogen) atoms. The number of Topliss-reactive ketones (excluding diaryl/α,β-unsaturated/α-hetero) is 1. The topological polar surface area (TPSA) is 51.0 Å². The van der Waals surface area contributed by atoms with Crippen LogP contribution in [-0.2, 0) is 18.3 Å². The van der Waals surface area contributed by atoms with Gasteiger partial charge in [-0.2, -0.15) is 0 Å². The van der Waals surface area contributed by atoms with E-state index < -0.39 is 0 Å². The molecule has 1 aliphatic heterocycles. The minimum atomic E-state index is 0.179. The number of aromatic nitrogens is 3. The first-order valence-corrected chi connectivity index (χ1v) is 10.5. The predicted octanol–water partition coefficient (Wildman–Crippen LogP) is 3.79. The first-order chi connectivity index (χ1) is 13.9. The van der Waals surface area contributed by atoms with Crippen LogP contribution in [0.4, 0.5) is 0 Å². The highest BCUT2D eigenvalue weighted by Crippen LogP contribution is 2.46. The van der Waals surface area contributed by atoms with E-state index >= 15 is 0 Å². The summed E-state index contributed by atoms with van der Waals surface area (Å²) in [6, 6.07) is 8.44. The molecule has 3 aromatic rings. The maximum Gasteiger partial charge on any atom is 0.144 e. The Morgan fingerprint density at radius 1 is 1.14 bits per heavy atom. The van der Waals surface area contributed by atoms with E-state index in [0.717, 1.165) is 53.2 Å². The van der Waals surface area contributed by atoms with Gasteiger partial charge in [-0.1, -0.05) is 19.1 Å². The van der Waals surface area contributed by atoms with Crippen LogP contribution in [0.5, 0.6) is 0 Å². The van der Waals surface area contributed by atoms with Crippen molar-refractivity contribution in [1.29, 1.82) is 0 Å². The van der Waals surface area contributed by atoms with Crippen LogP contribution >= 0.6 is 0 Å². The number of rotatable bonds is 6. The zero-order valence-corrected chi connectivity index (χ0v) is 17.5. The number of benzene rings is 1. The van der Waals surface area contributed by atoms with Crippen molar-refractivity contribution >= 4 is 16.6 Å². The Hall–Kier alpha value is -2.53. The Bertz CT molecular complexity index is 1090. The Morgan fingerprint density at radius 2 is 1.93 bits per heavy atom. The molecule has 0 N–H and O–H groups in total. The second kappa shape index (κ2) is 6.77. The molecular weight excluding hydrogens is 360 g/mol. The first kappa shape index (κ1) is 18.5. The Labute approximate surface area is 171 Å². The number of nitrogens with zero attached hydrogens (tertiary/aromatic N) is 4. The predicted molar refractivity (Wildman–Crippen MR) is 115 cm³/mol. The van der Waals surface area contributed by atoms with Crippen molar-refractivity contribution in [3.05, 3.63) is 48.2 Å². The lowest BCUT2D eigenvalue weighted by Crippen LogP contribution is -2.52. The van der Waals surface area contributed by atoms with E-state index in [-0.39, 0.29) is 5.92 Å². The molecule has 5 nitrogen and oxygen atoms in total. The number of hydrogen-bond donors (Lipinski definition) is 0. The van der Waals surface area contributed by atoms with Gasteiger partial charge in [0.1, 0.15) is 11.6 Å². The van der Waals surface area contributed by atoms with E-state index in [4.69, 9.17) is 0 Å². The van der Waals surface area contributed by atoms with Gasteiger partial charge in [0.2, 0.25) is 0 Å². The molecule has 0 unspecified atom stereocenters. The molecule has 3 heterocycles. The summed E-state index contributed by atoms with van der Waals surface area (Å²) in [5.74, 6) is 1.50. The number of pyridine rings is 1. The molecule has 2 aliphatic rings. The number of fused-ring (bicyclic) bond motifs is 1. The molecule has 150 valence electrons. The van der Waals surface area contributed by atoms with Crippen LogP contribution in [0.15, 0.2) is 36.7 Å². The van der Waals surface area contributed by atoms with Crippen molar-refractivity contribution in [2.24, 2.45) is 18.4 Å². The molecular formula is C24H28N4O. The molecule has 0 amide bonds. The van der Waals surface area contributed by atoms with Crippen LogP contribution in [0.3, 0.4) is 0 Å². The molecule has 5 rings (SSSR count). The molecule has 0 radical (unpaired) electrons. The Balaban J connectivity index is 1.29. The normalized spacial score (nSPS) is 18.7. The molecule has 0 spiro atoms. The third kappa shape index (κ3) is 3.60. The number of ketones is 1. The monoisotopic (exact) mass is 388 g/mol. The molecule has 1 aromatic carbocycles. The smallest absolute Gasteiger partial charge is 0.144 e. The van der Waals surface area contributed by atoms with Crippen molar-refractivity contribution in [2.45, 2.75) is 33.1 Å². The summed E-state index contributed by atoms with van der Waals surface area (Å²) in [5, 5.41) is 2.22. The average Bonchev–Trinajstić information content (AvgIpc) is 3.31. The summed E-state index contributed by atoms with van der Waals surface area (Å²) in [6.07, 6.45) is 6.90. The van der Waals surface area contributed by atoms with E-state index in [1.807, 2.05) is 26.4 Å². The third-order valence-corrected chi connectivity index (χ3v) is 6.77. The van der Waals surface area contributed by atoms with Crippen molar-refractivity contribution in [3.63, 3.8) is 0 Å². The summed E-state index contributed by atoms with van der Waals surface area (Å²) in [7, 11) is 2.03. The average molecular weight is 389 g/mol. The molecule has 2 fully saturated rings. The van der Waals surface area contributed by atoms with Crippen LogP contribution in [0, 0.1) is 18.3 Å². The summed E-state index contributed by atoms with van der Waals surface area (Å²) in [6.45, 7) is 7.35. The van der Waals surface area contributed by atoms with Crippen molar-refractivity contribution in [2.75, 3.05) is 19.6 Å². The van der Waals surface area contributed by atoms with Crippen LogP contribution in [0.25, 0.3) is 22.0 Å². The van der Waals surface area contributed by atoms with Gasteiger partial charge in [0, 0.05) is 61.9 Å². The fourth-order valence-corrected chi connectivity index (χ4v) is 4.35. The standard InChI is InChI=1S/C24H28N4O/c1-16-25-12-22(27(16)3)17-4-5-18-11-26-21(9-19(18)8-17)10-23(29)20-13-28(14-20)15-24(2)6-7-24/h4-5,8-9,11-12,20H,6-7,10,13-15H2,1-3H3. The first-order valence-electron chi connectivity index (χ1n) is 10.5. The lowest BCUT2D eigenvalue weighted by molar-refractivity contribution is -0.127. The second-order valence-corrected chi connectivity index (χ2v) is 9.33. The summed E-state index contributed by atoms with van der Waals surface area (Å²) >= 11 is 0. The molecule has 2 aromatic heterocycles. The SMILES string of the molecule is Cc1ncc(-c2ccc3cnc(CC(=O)C4CN(CC5(C)CC5)C4)cc3c2)n1C. The number of hydrogen-bond acceptors (Lipinski definition) is 4. The molecule has 1 saturated heterocycles. The van der Waals surface area contributed by atoms with Gasteiger partial charge in [-0.05, 0) is 42.7 Å². The summed E-state index contributed by atoms with van der Waals surface area (Å²) in [5.41, 5.74) is 3.62. The van der Waals surface area contributed by atoms with Crippen LogP contribution < -0.4 is 0 Å². The van der Waals surface area contributed by atoms with Crippen molar-refractivity contribution < 1.29 is 4.79 Å². The fourth-order valence-electron chi connectivity index (χ4n) is 4.35. The highest BCUT2D eigenvalue weighted by Gasteiger charge is 2.42. The van der Waals surface area contributed by atoms with E-state index in [9.17, 15) is 4.79 Å². The van der Waals surface area contributed by atoms with Gasteiger partial charge in [0.15, 0.2) is 0 Å². The number of aryl methyl sites for hydroxylation is 1. The van der Waals surface area contributed by atoms with Gasteiger partial charge in [0.05, 0.1) is 11.9 Å². The van der Waals surface area contributed by atoms with Crippen LogP contribution in [0.1, 0.15) is 31.3 Å². The number of likely N-dealkylation sites (tertiary alicyclic amines) is 1. The fraction of sp³-hybridized carbons (Fsp3) is 0.458. The van der Waals surface area contributed by atoms with E-state index in [0.29, 0.717) is 17.6 Å².